The van der Waals surface area contributed by atoms with Gasteiger partial charge in [0.25, 0.3) is 0 Å². The second-order valence-electron chi connectivity index (χ2n) is 8.23. The van der Waals surface area contributed by atoms with E-state index < -0.39 is 0 Å². The number of rotatable bonds is 5. The molecule has 3 heterocycles. The van der Waals surface area contributed by atoms with Gasteiger partial charge in [0.15, 0.2) is 17.1 Å². The number of amides is 1. The number of aromatic nitrogens is 3. The molecule has 1 aliphatic rings. The highest BCUT2D eigenvalue weighted by Crippen LogP contribution is 2.34. The summed E-state index contributed by atoms with van der Waals surface area (Å²) in [5, 5.41) is 0. The van der Waals surface area contributed by atoms with E-state index >= 15 is 0 Å². The van der Waals surface area contributed by atoms with E-state index in [2.05, 4.69) is 22.1 Å². The molecular weight excluding hydrogens is 428 g/mol. The molecule has 0 bridgehead atoms. The predicted molar refractivity (Wildman–Crippen MR) is 132 cm³/mol. The maximum absolute atomic E-state index is 13.2. The van der Waals surface area contributed by atoms with E-state index in [1.54, 1.807) is 32.7 Å². The Labute approximate surface area is 198 Å². The highest BCUT2D eigenvalue weighted by Gasteiger charge is 2.22. The van der Waals surface area contributed by atoms with Gasteiger partial charge < -0.3 is 18.9 Å². The monoisotopic (exact) mass is 454 g/mol. The highest BCUT2D eigenvalue weighted by atomic mass is 16.5. The molecule has 5 rings (SSSR count). The molecule has 0 radical (unpaired) electrons. The van der Waals surface area contributed by atoms with Crippen molar-refractivity contribution >= 4 is 23.1 Å². The molecule has 7 heteroatoms. The van der Waals surface area contributed by atoms with E-state index in [1.807, 2.05) is 52.9 Å². The predicted octanol–water partition coefficient (Wildman–Crippen LogP) is 4.25. The van der Waals surface area contributed by atoms with Crippen LogP contribution in [0.2, 0.25) is 0 Å². The number of hydrogen-bond donors (Lipinski definition) is 0. The molecule has 34 heavy (non-hydrogen) atoms. The van der Waals surface area contributed by atoms with Crippen molar-refractivity contribution < 1.29 is 14.3 Å². The first-order chi connectivity index (χ1) is 16.6. The topological polar surface area (TPSA) is 69.5 Å². The molecule has 0 fully saturated rings. The average molecular weight is 455 g/mol. The first kappa shape index (κ1) is 21.7. The first-order valence-corrected chi connectivity index (χ1v) is 11.2. The summed E-state index contributed by atoms with van der Waals surface area (Å²) in [7, 11) is 5.23. The van der Waals surface area contributed by atoms with Crippen LogP contribution in [0.15, 0.2) is 60.9 Å². The molecular formula is C27H26N4O3. The molecule has 2 aromatic heterocycles. The SMILES string of the molecule is COc1cc2c(cc1OC)CN(C(=O)/C=C/c1c(-c3ccccc3)n(C)c3nccnc13)CC2. The summed E-state index contributed by atoms with van der Waals surface area (Å²) in [4.78, 5) is 24.1. The van der Waals surface area contributed by atoms with Crippen LogP contribution in [0.1, 0.15) is 16.7 Å². The highest BCUT2D eigenvalue weighted by molar-refractivity contribution is 5.99. The molecule has 7 nitrogen and oxygen atoms in total. The molecule has 172 valence electrons. The van der Waals surface area contributed by atoms with Crippen molar-refractivity contribution in [2.75, 3.05) is 20.8 Å². The van der Waals surface area contributed by atoms with Crippen LogP contribution < -0.4 is 9.47 Å². The summed E-state index contributed by atoms with van der Waals surface area (Å²) < 4.78 is 12.9. The van der Waals surface area contributed by atoms with E-state index in [0.29, 0.717) is 24.6 Å². The van der Waals surface area contributed by atoms with Crippen LogP contribution in [0.3, 0.4) is 0 Å². The number of aryl methyl sites for hydroxylation is 1. The van der Waals surface area contributed by atoms with Crippen molar-refractivity contribution in [2.45, 2.75) is 13.0 Å². The smallest absolute Gasteiger partial charge is 0.246 e. The van der Waals surface area contributed by atoms with Gasteiger partial charge in [0.1, 0.15) is 5.52 Å². The van der Waals surface area contributed by atoms with E-state index in [9.17, 15) is 4.79 Å². The van der Waals surface area contributed by atoms with Crippen LogP contribution in [0.25, 0.3) is 28.5 Å². The third-order valence-electron chi connectivity index (χ3n) is 6.31. The third kappa shape index (κ3) is 3.79. The van der Waals surface area contributed by atoms with E-state index in [4.69, 9.17) is 9.47 Å². The third-order valence-corrected chi connectivity index (χ3v) is 6.31. The summed E-state index contributed by atoms with van der Waals surface area (Å²) in [6, 6.07) is 14.1. The zero-order chi connectivity index (χ0) is 23.7. The van der Waals surface area contributed by atoms with Crippen LogP contribution in [-0.2, 0) is 24.8 Å². The molecule has 0 N–H and O–H groups in total. The van der Waals surface area contributed by atoms with Crippen LogP contribution in [0, 0.1) is 0 Å². The van der Waals surface area contributed by atoms with Crippen molar-refractivity contribution in [1.29, 1.82) is 0 Å². The van der Waals surface area contributed by atoms with Gasteiger partial charge in [0, 0.05) is 44.2 Å². The van der Waals surface area contributed by atoms with Gasteiger partial charge in [-0.25, -0.2) is 4.98 Å². The zero-order valence-electron chi connectivity index (χ0n) is 19.5. The van der Waals surface area contributed by atoms with Crippen LogP contribution in [0.5, 0.6) is 11.5 Å². The minimum atomic E-state index is -0.0414. The van der Waals surface area contributed by atoms with Gasteiger partial charge in [0.2, 0.25) is 5.91 Å². The minimum absolute atomic E-state index is 0.0414. The van der Waals surface area contributed by atoms with Crippen LogP contribution in [0.4, 0.5) is 0 Å². The van der Waals surface area contributed by atoms with Crippen molar-refractivity contribution in [3.63, 3.8) is 0 Å². The van der Waals surface area contributed by atoms with Gasteiger partial charge in [-0.05, 0) is 41.3 Å². The van der Waals surface area contributed by atoms with Crippen molar-refractivity contribution in [2.24, 2.45) is 7.05 Å². The lowest BCUT2D eigenvalue weighted by molar-refractivity contribution is -0.126. The van der Waals surface area contributed by atoms with Crippen molar-refractivity contribution in [1.82, 2.24) is 19.4 Å². The number of carbonyl (C=O) groups excluding carboxylic acids is 1. The number of hydrogen-bond acceptors (Lipinski definition) is 5. The van der Waals surface area contributed by atoms with Gasteiger partial charge in [-0.2, -0.15) is 0 Å². The Morgan fingerprint density at radius 2 is 1.71 bits per heavy atom. The minimum Gasteiger partial charge on any atom is -0.493 e. The second-order valence-corrected chi connectivity index (χ2v) is 8.23. The standard InChI is InChI=1S/C27H26N4O3/c1-30-26(18-7-5-4-6-8-18)21(25-27(30)29-13-12-28-25)9-10-24(32)31-14-11-19-15-22(33-2)23(34-3)16-20(19)17-31/h4-10,12-13,15-16H,11,14,17H2,1-3H3/b10-9+. The van der Waals surface area contributed by atoms with E-state index in [0.717, 1.165) is 40.0 Å². The Kier molecular flexibility index (Phi) is 5.76. The quantitative estimate of drug-likeness (QED) is 0.422. The number of fused-ring (bicyclic) bond motifs is 2. The van der Waals surface area contributed by atoms with E-state index in [-0.39, 0.29) is 5.91 Å². The fraction of sp³-hybridized carbons (Fsp3) is 0.222. The molecule has 0 unspecified atom stereocenters. The van der Waals surface area contributed by atoms with Gasteiger partial charge in [0.05, 0.1) is 19.9 Å². The molecule has 1 amide bonds. The van der Waals surface area contributed by atoms with Gasteiger partial charge in [-0.15, -0.1) is 0 Å². The Hall–Kier alpha value is -4.13. The maximum atomic E-state index is 13.2. The number of carbonyl (C=O) groups is 1. The van der Waals surface area contributed by atoms with Crippen molar-refractivity contribution in [3.05, 3.63) is 77.6 Å². The van der Waals surface area contributed by atoms with Crippen LogP contribution >= 0.6 is 0 Å². The lowest BCUT2D eigenvalue weighted by Gasteiger charge is -2.28. The maximum Gasteiger partial charge on any atom is 0.246 e. The lowest BCUT2D eigenvalue weighted by atomic mass is 9.98. The summed E-state index contributed by atoms with van der Waals surface area (Å²) in [5.41, 5.74) is 6.72. The Morgan fingerprint density at radius 1 is 1.00 bits per heavy atom. The summed E-state index contributed by atoms with van der Waals surface area (Å²) >= 11 is 0. The first-order valence-electron chi connectivity index (χ1n) is 11.2. The fourth-order valence-corrected chi connectivity index (χ4v) is 4.60. The Bertz CT molecular complexity index is 1390. The summed E-state index contributed by atoms with van der Waals surface area (Å²) in [6.07, 6.45) is 7.64. The normalized spacial score (nSPS) is 13.3. The number of methoxy groups -OCH3 is 2. The molecule has 4 aromatic rings. The number of nitrogens with zero attached hydrogens (tertiary/aromatic N) is 4. The molecule has 0 atom stereocenters. The van der Waals surface area contributed by atoms with Gasteiger partial charge >= 0.3 is 0 Å². The second kappa shape index (κ2) is 9.02. The summed E-state index contributed by atoms with van der Waals surface area (Å²) in [5.74, 6) is 1.35. The van der Waals surface area contributed by atoms with Gasteiger partial charge in [-0.3, -0.25) is 9.78 Å². The summed E-state index contributed by atoms with van der Waals surface area (Å²) in [6.45, 7) is 1.17. The molecule has 2 aromatic carbocycles. The molecule has 0 aliphatic carbocycles. The lowest BCUT2D eigenvalue weighted by Crippen LogP contribution is -2.34. The molecule has 1 aliphatic heterocycles. The van der Waals surface area contributed by atoms with Gasteiger partial charge in [-0.1, -0.05) is 30.3 Å². The zero-order valence-corrected chi connectivity index (χ0v) is 19.5. The van der Waals surface area contributed by atoms with E-state index in [1.165, 1.54) is 5.56 Å². The van der Waals surface area contributed by atoms with Crippen LogP contribution in [-0.4, -0.2) is 46.1 Å². The Morgan fingerprint density at radius 3 is 2.44 bits per heavy atom. The number of ether oxygens (including phenoxy) is 2. The molecule has 0 saturated heterocycles. The average Bonchev–Trinajstić information content (AvgIpc) is 3.18. The Balaban J connectivity index is 1.46. The van der Waals surface area contributed by atoms with Crippen molar-refractivity contribution in [3.8, 4) is 22.8 Å². The fourth-order valence-electron chi connectivity index (χ4n) is 4.60. The number of benzene rings is 2. The molecule has 0 saturated carbocycles. The molecule has 0 spiro atoms. The largest absolute Gasteiger partial charge is 0.493 e.